The lowest BCUT2D eigenvalue weighted by atomic mass is 10.2. The summed E-state index contributed by atoms with van der Waals surface area (Å²) in [5.41, 5.74) is 0.956. The molecular formula is C13H18BrClO4S. The van der Waals surface area contributed by atoms with Crippen molar-refractivity contribution < 1.29 is 17.9 Å². The number of sulfone groups is 1. The molecule has 0 amide bonds. The van der Waals surface area contributed by atoms with Crippen LogP contribution in [0, 0.1) is 0 Å². The molecule has 0 spiro atoms. The Kier molecular flexibility index (Phi) is 7.12. The van der Waals surface area contributed by atoms with Crippen LogP contribution in [0.3, 0.4) is 0 Å². The van der Waals surface area contributed by atoms with Crippen molar-refractivity contribution in [3.63, 3.8) is 0 Å². The largest absolute Gasteiger partial charge is 0.493 e. The first-order chi connectivity index (χ1) is 9.43. The van der Waals surface area contributed by atoms with Crippen molar-refractivity contribution in [3.8, 4) is 11.5 Å². The molecule has 114 valence electrons. The molecule has 0 bridgehead atoms. The standard InChI is InChI=1S/C13H18BrClO4S/c1-3-5-20(16,17)6-4-19-13-11(15)7-10(9-14)8-12(13)18-2/h7-8H,3-6,9H2,1-2H3. The normalized spacial score (nSPS) is 11.4. The summed E-state index contributed by atoms with van der Waals surface area (Å²) >= 11 is 9.47. The van der Waals surface area contributed by atoms with Crippen molar-refractivity contribution in [1.82, 2.24) is 0 Å². The monoisotopic (exact) mass is 384 g/mol. The fourth-order valence-corrected chi connectivity index (χ4v) is 3.45. The molecule has 4 nitrogen and oxygen atoms in total. The second kappa shape index (κ2) is 8.10. The fourth-order valence-electron chi connectivity index (χ4n) is 1.67. The maximum absolute atomic E-state index is 11.6. The number of hydrogen-bond acceptors (Lipinski definition) is 4. The molecule has 7 heteroatoms. The maximum atomic E-state index is 11.6. The van der Waals surface area contributed by atoms with Gasteiger partial charge in [0.25, 0.3) is 0 Å². The van der Waals surface area contributed by atoms with Gasteiger partial charge in [-0.3, -0.25) is 0 Å². The smallest absolute Gasteiger partial charge is 0.179 e. The van der Waals surface area contributed by atoms with E-state index in [4.69, 9.17) is 21.1 Å². The maximum Gasteiger partial charge on any atom is 0.179 e. The van der Waals surface area contributed by atoms with Gasteiger partial charge in [-0.15, -0.1) is 0 Å². The number of alkyl halides is 1. The molecule has 0 atom stereocenters. The van der Waals surface area contributed by atoms with E-state index < -0.39 is 9.84 Å². The zero-order valence-electron chi connectivity index (χ0n) is 11.5. The van der Waals surface area contributed by atoms with Crippen LogP contribution in [0.5, 0.6) is 11.5 Å². The van der Waals surface area contributed by atoms with Crippen molar-refractivity contribution in [2.45, 2.75) is 18.7 Å². The van der Waals surface area contributed by atoms with Gasteiger partial charge in [0.2, 0.25) is 0 Å². The molecule has 1 aromatic rings. The third kappa shape index (κ3) is 5.14. The van der Waals surface area contributed by atoms with Crippen molar-refractivity contribution in [1.29, 1.82) is 0 Å². The van der Waals surface area contributed by atoms with Crippen LogP contribution >= 0.6 is 27.5 Å². The first-order valence-electron chi connectivity index (χ1n) is 6.19. The van der Waals surface area contributed by atoms with E-state index >= 15 is 0 Å². The highest BCUT2D eigenvalue weighted by molar-refractivity contribution is 9.08. The van der Waals surface area contributed by atoms with Gasteiger partial charge < -0.3 is 9.47 Å². The topological polar surface area (TPSA) is 52.6 Å². The van der Waals surface area contributed by atoms with Crippen molar-refractivity contribution in [3.05, 3.63) is 22.7 Å². The summed E-state index contributed by atoms with van der Waals surface area (Å²) < 4.78 is 33.9. The molecule has 1 rings (SSSR count). The molecule has 0 saturated carbocycles. The number of methoxy groups -OCH3 is 1. The highest BCUT2D eigenvalue weighted by atomic mass is 79.9. The van der Waals surface area contributed by atoms with Gasteiger partial charge in [0.05, 0.1) is 23.6 Å². The number of benzene rings is 1. The first-order valence-corrected chi connectivity index (χ1v) is 9.51. The van der Waals surface area contributed by atoms with Crippen LogP contribution in [0.4, 0.5) is 0 Å². The lowest BCUT2D eigenvalue weighted by molar-refractivity contribution is 0.311. The molecule has 0 unspecified atom stereocenters. The Labute approximate surface area is 133 Å². The highest BCUT2D eigenvalue weighted by Crippen LogP contribution is 2.36. The van der Waals surface area contributed by atoms with Gasteiger partial charge >= 0.3 is 0 Å². The number of hydrogen-bond donors (Lipinski definition) is 0. The number of rotatable bonds is 8. The van der Waals surface area contributed by atoms with E-state index in [1.807, 2.05) is 6.92 Å². The summed E-state index contributed by atoms with van der Waals surface area (Å²) in [5, 5.41) is 1.06. The summed E-state index contributed by atoms with van der Waals surface area (Å²) in [7, 11) is -1.55. The second-order valence-corrected chi connectivity index (χ2v) is 7.51. The van der Waals surface area contributed by atoms with Gasteiger partial charge in [0.15, 0.2) is 21.3 Å². The summed E-state index contributed by atoms with van der Waals surface area (Å²) in [4.78, 5) is 0. The SMILES string of the molecule is CCCS(=O)(=O)CCOc1c(Cl)cc(CBr)cc1OC. The van der Waals surface area contributed by atoms with E-state index in [0.717, 1.165) is 5.56 Å². The van der Waals surface area contributed by atoms with Gasteiger partial charge in [-0.25, -0.2) is 8.42 Å². The van der Waals surface area contributed by atoms with Gasteiger partial charge in [-0.2, -0.15) is 0 Å². The summed E-state index contributed by atoms with van der Waals surface area (Å²) in [5.74, 6) is 1.02. The van der Waals surface area contributed by atoms with E-state index in [0.29, 0.717) is 28.3 Å². The average molecular weight is 386 g/mol. The lowest BCUT2D eigenvalue weighted by Gasteiger charge is -2.13. The van der Waals surface area contributed by atoms with E-state index in [1.165, 1.54) is 7.11 Å². The van der Waals surface area contributed by atoms with E-state index in [9.17, 15) is 8.42 Å². The molecule has 0 aromatic heterocycles. The first kappa shape index (κ1) is 17.6. The second-order valence-electron chi connectivity index (χ2n) is 4.24. The molecule has 20 heavy (non-hydrogen) atoms. The van der Waals surface area contributed by atoms with E-state index in [2.05, 4.69) is 15.9 Å². The minimum absolute atomic E-state index is 0.0273. The Morgan fingerprint density at radius 3 is 2.55 bits per heavy atom. The van der Waals surface area contributed by atoms with E-state index in [1.54, 1.807) is 12.1 Å². The molecule has 0 aliphatic rings. The highest BCUT2D eigenvalue weighted by Gasteiger charge is 2.14. The molecule has 1 aromatic carbocycles. The third-order valence-electron chi connectivity index (χ3n) is 2.60. The van der Waals surface area contributed by atoms with Crippen LogP contribution in [-0.2, 0) is 15.2 Å². The molecule has 0 radical (unpaired) electrons. The summed E-state index contributed by atoms with van der Waals surface area (Å²) in [6, 6.07) is 3.56. The Morgan fingerprint density at radius 2 is 2.00 bits per heavy atom. The minimum atomic E-state index is -3.06. The van der Waals surface area contributed by atoms with Gasteiger partial charge in [-0.05, 0) is 24.1 Å². The van der Waals surface area contributed by atoms with Crippen LogP contribution in [0.15, 0.2) is 12.1 Å². The Morgan fingerprint density at radius 1 is 1.30 bits per heavy atom. The molecule has 0 fully saturated rings. The van der Waals surface area contributed by atoms with Gasteiger partial charge in [0, 0.05) is 5.33 Å². The zero-order valence-corrected chi connectivity index (χ0v) is 14.6. The Bertz CT molecular complexity index is 546. The molecule has 0 heterocycles. The van der Waals surface area contributed by atoms with Gasteiger partial charge in [-0.1, -0.05) is 34.5 Å². The lowest BCUT2D eigenvalue weighted by Crippen LogP contribution is -2.17. The van der Waals surface area contributed by atoms with Crippen molar-refractivity contribution in [2.75, 3.05) is 25.2 Å². The molecule has 0 saturated heterocycles. The molecule has 0 aliphatic carbocycles. The number of ether oxygens (including phenoxy) is 2. The molecule has 0 N–H and O–H groups in total. The third-order valence-corrected chi connectivity index (χ3v) is 5.35. The van der Waals surface area contributed by atoms with Crippen LogP contribution < -0.4 is 9.47 Å². The molecular weight excluding hydrogens is 368 g/mol. The molecule has 0 aliphatic heterocycles. The minimum Gasteiger partial charge on any atom is -0.493 e. The summed E-state index contributed by atoms with van der Waals surface area (Å²) in [6.07, 6.45) is 0.604. The predicted octanol–water partition coefficient (Wildman–Crippen LogP) is 3.45. The van der Waals surface area contributed by atoms with Crippen LogP contribution in [0.1, 0.15) is 18.9 Å². The Balaban J connectivity index is 2.78. The number of halogens is 2. The van der Waals surface area contributed by atoms with Crippen molar-refractivity contribution >= 4 is 37.4 Å². The summed E-state index contributed by atoms with van der Waals surface area (Å²) in [6.45, 7) is 1.89. The van der Waals surface area contributed by atoms with Crippen LogP contribution in [0.2, 0.25) is 5.02 Å². The van der Waals surface area contributed by atoms with Crippen LogP contribution in [-0.4, -0.2) is 33.6 Å². The van der Waals surface area contributed by atoms with E-state index in [-0.39, 0.29) is 18.1 Å². The van der Waals surface area contributed by atoms with Gasteiger partial charge in [0.1, 0.15) is 6.61 Å². The Hall–Kier alpha value is -0.460. The quantitative estimate of drug-likeness (QED) is 0.643. The van der Waals surface area contributed by atoms with Crippen molar-refractivity contribution in [2.24, 2.45) is 0 Å². The zero-order chi connectivity index (χ0) is 15.2. The fraction of sp³-hybridized carbons (Fsp3) is 0.538. The van der Waals surface area contributed by atoms with Crippen LogP contribution in [0.25, 0.3) is 0 Å². The predicted molar refractivity (Wildman–Crippen MR) is 85.1 cm³/mol. The average Bonchev–Trinajstić information content (AvgIpc) is 2.39.